The summed E-state index contributed by atoms with van der Waals surface area (Å²) in [6, 6.07) is 4.03. The highest BCUT2D eigenvalue weighted by Crippen LogP contribution is 2.39. The number of aromatic hydroxyl groups is 1. The molecule has 94 valence electrons. The lowest BCUT2D eigenvalue weighted by atomic mass is 10.1. The minimum Gasteiger partial charge on any atom is -0.504 e. The topological polar surface area (TPSA) is 70.7 Å². The summed E-state index contributed by atoms with van der Waals surface area (Å²) in [6.45, 7) is 1.42. The van der Waals surface area contributed by atoms with E-state index in [1.807, 2.05) is 0 Å². The van der Waals surface area contributed by atoms with Crippen molar-refractivity contribution in [3.05, 3.63) is 40.4 Å². The van der Waals surface area contributed by atoms with E-state index in [1.54, 1.807) is 0 Å². The second-order valence-corrected chi connectivity index (χ2v) is 4.04. The van der Waals surface area contributed by atoms with Gasteiger partial charge < -0.3 is 14.6 Å². The highest BCUT2D eigenvalue weighted by atomic mass is 35.5. The molecule has 0 fully saturated rings. The fraction of sp³-hybridized carbons (Fsp3) is 0.0833. The van der Waals surface area contributed by atoms with Crippen molar-refractivity contribution in [1.29, 1.82) is 0 Å². The molecule has 0 bridgehead atoms. The number of carbonyl (C=O) groups is 1. The minimum absolute atomic E-state index is 0.0699. The normalized spacial score (nSPS) is 10.6. The first-order valence-corrected chi connectivity index (χ1v) is 5.31. The number of rotatable bonds is 2. The van der Waals surface area contributed by atoms with Gasteiger partial charge in [0.15, 0.2) is 5.75 Å². The monoisotopic (exact) mass is 270 g/mol. The first-order valence-electron chi connectivity index (χ1n) is 4.93. The lowest BCUT2D eigenvalue weighted by Gasteiger charge is -2.03. The van der Waals surface area contributed by atoms with Crippen molar-refractivity contribution in [1.82, 2.24) is 0 Å². The highest BCUT2D eigenvalue weighted by molar-refractivity contribution is 6.33. The largest absolute Gasteiger partial charge is 0.504 e. The van der Waals surface area contributed by atoms with Gasteiger partial charge >= 0.3 is 5.97 Å². The van der Waals surface area contributed by atoms with Gasteiger partial charge in [0.1, 0.15) is 11.6 Å². The highest BCUT2D eigenvalue weighted by Gasteiger charge is 2.25. The number of furan rings is 1. The fourth-order valence-corrected chi connectivity index (χ4v) is 1.85. The molecule has 1 heterocycles. The van der Waals surface area contributed by atoms with Gasteiger partial charge in [-0.1, -0.05) is 17.7 Å². The molecule has 2 rings (SSSR count). The Balaban J connectivity index is 2.73. The molecule has 0 aliphatic carbocycles. The van der Waals surface area contributed by atoms with Gasteiger partial charge in [-0.15, -0.1) is 0 Å². The van der Waals surface area contributed by atoms with Crippen LogP contribution in [0.3, 0.4) is 0 Å². The molecule has 2 N–H and O–H groups in total. The molecule has 4 nitrogen and oxygen atoms in total. The Morgan fingerprint density at radius 1 is 1.44 bits per heavy atom. The SMILES string of the molecule is Cc1c(-c2c(F)cccc2Cl)oc(C(=O)O)c1O. The smallest absolute Gasteiger partial charge is 0.375 e. The molecule has 6 heteroatoms. The number of carboxylic acid groups (broad SMARTS) is 1. The van der Waals surface area contributed by atoms with E-state index < -0.39 is 23.3 Å². The fourth-order valence-electron chi connectivity index (χ4n) is 1.60. The minimum atomic E-state index is -1.44. The molecule has 2 aromatic rings. The van der Waals surface area contributed by atoms with Crippen molar-refractivity contribution in [3.63, 3.8) is 0 Å². The zero-order valence-corrected chi connectivity index (χ0v) is 9.95. The molecule has 1 aromatic carbocycles. The second-order valence-electron chi connectivity index (χ2n) is 3.64. The number of carboxylic acids is 1. The molecule has 18 heavy (non-hydrogen) atoms. The molecule has 0 aliphatic heterocycles. The summed E-state index contributed by atoms with van der Waals surface area (Å²) in [5.74, 6) is -3.35. The molecule has 0 aliphatic rings. The van der Waals surface area contributed by atoms with Gasteiger partial charge in [-0.3, -0.25) is 0 Å². The van der Waals surface area contributed by atoms with Crippen molar-refractivity contribution < 1.29 is 23.8 Å². The maximum Gasteiger partial charge on any atom is 0.375 e. The number of benzene rings is 1. The summed E-state index contributed by atoms with van der Waals surface area (Å²) < 4.78 is 18.7. The summed E-state index contributed by atoms with van der Waals surface area (Å²) in [7, 11) is 0. The first kappa shape index (κ1) is 12.4. The third kappa shape index (κ3) is 1.82. The van der Waals surface area contributed by atoms with E-state index >= 15 is 0 Å². The van der Waals surface area contributed by atoms with Crippen LogP contribution in [0.4, 0.5) is 4.39 Å². The molecule has 0 spiro atoms. The summed E-state index contributed by atoms with van der Waals surface area (Å²) in [6.07, 6.45) is 0. The molecule has 0 saturated carbocycles. The van der Waals surface area contributed by atoms with Crippen molar-refractivity contribution in [2.75, 3.05) is 0 Å². The van der Waals surface area contributed by atoms with E-state index in [9.17, 15) is 14.3 Å². The summed E-state index contributed by atoms with van der Waals surface area (Å²) >= 11 is 5.85. The van der Waals surface area contributed by atoms with Crippen LogP contribution in [0.2, 0.25) is 5.02 Å². The summed E-state index contributed by atoms with van der Waals surface area (Å²) in [5, 5.41) is 18.5. The van der Waals surface area contributed by atoms with Crippen molar-refractivity contribution in [3.8, 4) is 17.1 Å². The quantitative estimate of drug-likeness (QED) is 0.877. The van der Waals surface area contributed by atoms with Crippen LogP contribution >= 0.6 is 11.6 Å². The number of hydrogen-bond donors (Lipinski definition) is 2. The van der Waals surface area contributed by atoms with Crippen LogP contribution in [0.1, 0.15) is 16.1 Å². The Hall–Kier alpha value is -2.01. The Morgan fingerprint density at radius 3 is 2.61 bits per heavy atom. The average molecular weight is 271 g/mol. The van der Waals surface area contributed by atoms with Gasteiger partial charge in [0.25, 0.3) is 5.76 Å². The maximum absolute atomic E-state index is 13.7. The first-order chi connectivity index (χ1) is 8.43. The van der Waals surface area contributed by atoms with Crippen LogP contribution in [0, 0.1) is 12.7 Å². The van der Waals surface area contributed by atoms with Gasteiger partial charge in [0.2, 0.25) is 0 Å². The van der Waals surface area contributed by atoms with Gasteiger partial charge in [-0.25, -0.2) is 9.18 Å². The van der Waals surface area contributed by atoms with E-state index in [0.29, 0.717) is 0 Å². The molecule has 0 radical (unpaired) electrons. The Morgan fingerprint density at radius 2 is 2.11 bits per heavy atom. The summed E-state index contributed by atoms with van der Waals surface area (Å²) in [5.41, 5.74) is 0.0545. The van der Waals surface area contributed by atoms with Gasteiger partial charge in [0.05, 0.1) is 10.6 Å². The zero-order valence-electron chi connectivity index (χ0n) is 9.20. The molecular weight excluding hydrogens is 263 g/mol. The van der Waals surface area contributed by atoms with Crippen LogP contribution in [0.15, 0.2) is 22.6 Å². The van der Waals surface area contributed by atoms with E-state index in [-0.39, 0.29) is 21.9 Å². The van der Waals surface area contributed by atoms with Gasteiger partial charge in [0, 0.05) is 5.56 Å². The van der Waals surface area contributed by atoms with E-state index in [4.69, 9.17) is 21.1 Å². The van der Waals surface area contributed by atoms with Crippen molar-refractivity contribution in [2.24, 2.45) is 0 Å². The average Bonchev–Trinajstić information content (AvgIpc) is 2.57. The molecule has 0 saturated heterocycles. The lowest BCUT2D eigenvalue weighted by Crippen LogP contribution is -1.93. The summed E-state index contributed by atoms with van der Waals surface area (Å²) in [4.78, 5) is 10.8. The number of aromatic carboxylic acids is 1. The van der Waals surface area contributed by atoms with Crippen LogP contribution in [-0.4, -0.2) is 16.2 Å². The Kier molecular flexibility index (Phi) is 3.00. The zero-order chi connectivity index (χ0) is 13.4. The Labute approximate surface area is 106 Å². The van der Waals surface area contributed by atoms with E-state index in [0.717, 1.165) is 0 Å². The van der Waals surface area contributed by atoms with Gasteiger partial charge in [-0.05, 0) is 19.1 Å². The van der Waals surface area contributed by atoms with Gasteiger partial charge in [-0.2, -0.15) is 0 Å². The molecule has 0 unspecified atom stereocenters. The van der Waals surface area contributed by atoms with Crippen molar-refractivity contribution >= 4 is 17.6 Å². The van der Waals surface area contributed by atoms with Crippen LogP contribution in [0.25, 0.3) is 11.3 Å². The van der Waals surface area contributed by atoms with E-state index in [2.05, 4.69) is 0 Å². The predicted octanol–water partition coefficient (Wildman–Crippen LogP) is 3.45. The van der Waals surface area contributed by atoms with Crippen molar-refractivity contribution in [2.45, 2.75) is 6.92 Å². The van der Waals surface area contributed by atoms with E-state index in [1.165, 1.54) is 25.1 Å². The molecule has 1 aromatic heterocycles. The third-order valence-corrected chi connectivity index (χ3v) is 2.81. The molecule has 0 amide bonds. The van der Waals surface area contributed by atoms with Crippen LogP contribution < -0.4 is 0 Å². The maximum atomic E-state index is 13.7. The third-order valence-electron chi connectivity index (χ3n) is 2.50. The Bertz CT molecular complexity index is 613. The predicted molar refractivity (Wildman–Crippen MR) is 62.5 cm³/mol. The van der Waals surface area contributed by atoms with Crippen LogP contribution in [-0.2, 0) is 0 Å². The standard InChI is InChI=1S/C12H8ClFO4/c1-5-9(15)11(12(16)17)18-10(5)8-6(13)3-2-4-7(8)14/h2-4,15H,1H3,(H,16,17). The number of halogens is 2. The molecule has 0 atom stereocenters. The van der Waals surface area contributed by atoms with Crippen LogP contribution in [0.5, 0.6) is 5.75 Å². The second kappa shape index (κ2) is 4.34. The lowest BCUT2D eigenvalue weighted by molar-refractivity contribution is 0.0659. The molecular formula is C12H8ClFO4. The number of hydrogen-bond acceptors (Lipinski definition) is 3.